The van der Waals surface area contributed by atoms with E-state index in [1.165, 1.54) is 103 Å². The lowest BCUT2D eigenvalue weighted by molar-refractivity contribution is 1.14. The molecule has 0 unspecified atom stereocenters. The van der Waals surface area contributed by atoms with Gasteiger partial charge in [0.25, 0.3) is 0 Å². The minimum Gasteiger partial charge on any atom is -0.310 e. The number of benzene rings is 14. The number of nitrogens with zero attached hydrogens (tertiary/aromatic N) is 4. The Hall–Kier alpha value is -11.3. The lowest BCUT2D eigenvalue weighted by Gasteiger charge is -2.42. The van der Waals surface area contributed by atoms with E-state index in [1.54, 1.807) is 0 Å². The Morgan fingerprint density at radius 1 is 0.244 bits per heavy atom. The molecule has 0 saturated carbocycles. The van der Waals surface area contributed by atoms with Crippen LogP contribution in [0.15, 0.2) is 331 Å². The zero-order chi connectivity index (χ0) is 59.0. The summed E-state index contributed by atoms with van der Waals surface area (Å²) in [5.74, 6) is 0. The van der Waals surface area contributed by atoms with Gasteiger partial charge >= 0.3 is 0 Å². The molecule has 0 bridgehead atoms. The molecule has 19 rings (SSSR count). The fourth-order valence-corrected chi connectivity index (χ4v) is 16.4. The summed E-state index contributed by atoms with van der Waals surface area (Å²) in [6.07, 6.45) is 0. The largest absolute Gasteiger partial charge is 0.310 e. The lowest BCUT2D eigenvalue weighted by Crippen LogP contribution is -2.60. The first-order valence-corrected chi connectivity index (χ1v) is 31.8. The molecule has 418 valence electrons. The Morgan fingerprint density at radius 3 is 1.14 bits per heavy atom. The Kier molecular flexibility index (Phi) is 11.4. The highest BCUT2D eigenvalue weighted by Gasteiger charge is 2.43. The van der Waals surface area contributed by atoms with E-state index in [-0.39, 0.29) is 6.71 Å². The van der Waals surface area contributed by atoms with Gasteiger partial charge in [-0.2, -0.15) is 0 Å². The Bertz CT molecular complexity index is 5430. The van der Waals surface area contributed by atoms with Crippen molar-refractivity contribution < 1.29 is 0 Å². The maximum absolute atomic E-state index is 2.65. The van der Waals surface area contributed by atoms with Crippen LogP contribution in [0.25, 0.3) is 127 Å². The summed E-state index contributed by atoms with van der Waals surface area (Å²) in [5.41, 5.74) is 27.2. The molecule has 4 nitrogen and oxygen atoms in total. The third kappa shape index (κ3) is 7.71. The van der Waals surface area contributed by atoms with Crippen LogP contribution in [0.3, 0.4) is 0 Å². The Balaban J connectivity index is 0.925. The fourth-order valence-electron chi connectivity index (χ4n) is 15.2. The maximum atomic E-state index is 2.65. The van der Waals surface area contributed by atoms with Crippen molar-refractivity contribution in [2.75, 3.05) is 4.90 Å². The first kappa shape index (κ1) is 50.8. The zero-order valence-corrected chi connectivity index (χ0v) is 49.7. The average molecular weight is 1160 g/mol. The summed E-state index contributed by atoms with van der Waals surface area (Å²) in [6, 6.07) is 120. The molecule has 0 radical (unpaired) electrons. The predicted octanol–water partition coefficient (Wildman–Crippen LogP) is 20.4. The van der Waals surface area contributed by atoms with Crippen molar-refractivity contribution in [3.63, 3.8) is 0 Å². The third-order valence-electron chi connectivity index (χ3n) is 19.1. The van der Waals surface area contributed by atoms with Crippen LogP contribution in [-0.2, 0) is 0 Å². The molecule has 0 amide bonds. The van der Waals surface area contributed by atoms with Crippen LogP contribution in [0.1, 0.15) is 0 Å². The van der Waals surface area contributed by atoms with Gasteiger partial charge < -0.3 is 18.6 Å². The second kappa shape index (κ2) is 20.1. The van der Waals surface area contributed by atoms with E-state index in [0.717, 1.165) is 67.4 Å². The van der Waals surface area contributed by atoms with E-state index in [9.17, 15) is 0 Å². The zero-order valence-electron chi connectivity index (χ0n) is 48.9. The molecule has 0 spiro atoms. The number of anilines is 3. The minimum absolute atomic E-state index is 0.0939. The van der Waals surface area contributed by atoms with Crippen molar-refractivity contribution in [3.05, 3.63) is 322 Å². The summed E-state index contributed by atoms with van der Waals surface area (Å²) in [7, 11) is 0. The quantitative estimate of drug-likeness (QED) is 0.141. The standard InChI is InChI=1S/C84H53BN4S/c1-5-22-54(23-6-1)58-40-44-79-71(48-58)85-72-49-59(55-24-7-2-8-25-55)41-47-81(72)90-82-53-62(52-80(83(82)85)89(79)84-63(56-26-9-3-10-27-56)34-21-35-64(84)57-28-11-4-12-29-57)88-77-45-42-60(86-73-36-17-13-30-65(73)66-31-14-18-37-74(66)86)50-69(77)70-51-61(43-46-78(70)88)87-75-38-19-15-32-67(75)68-33-16-20-39-76(68)87/h1-53H. The lowest BCUT2D eigenvalue weighted by atomic mass is 9.34. The van der Waals surface area contributed by atoms with Gasteiger partial charge in [-0.15, -0.1) is 0 Å². The van der Waals surface area contributed by atoms with E-state index in [2.05, 4.69) is 340 Å². The van der Waals surface area contributed by atoms with Crippen LogP contribution >= 0.6 is 11.8 Å². The molecule has 0 fully saturated rings. The molecule has 6 heteroatoms. The van der Waals surface area contributed by atoms with Gasteiger partial charge in [0.15, 0.2) is 0 Å². The normalized spacial score (nSPS) is 12.6. The van der Waals surface area contributed by atoms with E-state index in [0.29, 0.717) is 0 Å². The summed E-state index contributed by atoms with van der Waals surface area (Å²) in [6.45, 7) is -0.0939. The van der Waals surface area contributed by atoms with Crippen molar-refractivity contribution in [2.45, 2.75) is 9.79 Å². The highest BCUT2D eigenvalue weighted by atomic mass is 32.2. The van der Waals surface area contributed by atoms with Crippen molar-refractivity contribution in [1.82, 2.24) is 13.7 Å². The van der Waals surface area contributed by atoms with Gasteiger partial charge in [-0.05, 0) is 129 Å². The monoisotopic (exact) mass is 1160 g/mol. The highest BCUT2D eigenvalue weighted by molar-refractivity contribution is 8.00. The van der Waals surface area contributed by atoms with Crippen LogP contribution in [0, 0.1) is 0 Å². The number of hydrogen-bond acceptors (Lipinski definition) is 2. The van der Waals surface area contributed by atoms with E-state index in [1.807, 2.05) is 11.8 Å². The average Bonchev–Trinajstić information content (AvgIpc) is 0.996. The number of para-hydroxylation sites is 5. The Labute approximate surface area is 525 Å². The molecular formula is C84H53BN4S. The maximum Gasteiger partial charge on any atom is 0.249 e. The summed E-state index contributed by atoms with van der Waals surface area (Å²) < 4.78 is 7.47. The molecule has 2 aliphatic rings. The summed E-state index contributed by atoms with van der Waals surface area (Å²) >= 11 is 1.91. The van der Waals surface area contributed by atoms with Gasteiger partial charge in [0.1, 0.15) is 0 Å². The number of hydrogen-bond donors (Lipinski definition) is 0. The molecule has 0 N–H and O–H groups in total. The van der Waals surface area contributed by atoms with Crippen molar-refractivity contribution in [2.24, 2.45) is 0 Å². The smallest absolute Gasteiger partial charge is 0.249 e. The molecule has 5 heterocycles. The molecular weight excluding hydrogens is 1110 g/mol. The first-order valence-electron chi connectivity index (χ1n) is 31.0. The molecule has 90 heavy (non-hydrogen) atoms. The molecule has 3 aromatic heterocycles. The van der Waals surface area contributed by atoms with Gasteiger partial charge in [0.05, 0.1) is 38.8 Å². The first-order chi connectivity index (χ1) is 44.7. The van der Waals surface area contributed by atoms with Gasteiger partial charge in [-0.3, -0.25) is 0 Å². The Morgan fingerprint density at radius 2 is 0.656 bits per heavy atom. The van der Waals surface area contributed by atoms with Crippen LogP contribution < -0.4 is 21.3 Å². The SMILES string of the molecule is c1ccc(-c2ccc3c(c2)B2c4cc(-c5ccccc5)ccc4N(c4c(-c5ccccc5)cccc4-c4ccccc4)c4cc(-n5c6ccc(-n7c8ccccc8c8ccccc87)cc6c6cc(-n7c8ccccc8c8ccccc87)ccc65)cc(c42)S3)cc1. The number of aromatic nitrogens is 3. The summed E-state index contributed by atoms with van der Waals surface area (Å²) in [4.78, 5) is 5.16. The molecule has 0 aliphatic carbocycles. The molecule has 2 aliphatic heterocycles. The highest BCUT2D eigenvalue weighted by Crippen LogP contribution is 2.51. The number of rotatable bonds is 8. The van der Waals surface area contributed by atoms with E-state index < -0.39 is 0 Å². The van der Waals surface area contributed by atoms with Gasteiger partial charge in [0.2, 0.25) is 6.71 Å². The third-order valence-corrected chi connectivity index (χ3v) is 20.2. The second-order valence-corrected chi connectivity index (χ2v) is 25.0. The fraction of sp³-hybridized carbons (Fsp3) is 0. The predicted molar refractivity (Wildman–Crippen MR) is 381 cm³/mol. The second-order valence-electron chi connectivity index (χ2n) is 23.9. The van der Waals surface area contributed by atoms with Crippen molar-refractivity contribution in [3.8, 4) is 61.6 Å². The van der Waals surface area contributed by atoms with Crippen LogP contribution in [0.4, 0.5) is 17.1 Å². The van der Waals surface area contributed by atoms with Crippen LogP contribution in [-0.4, -0.2) is 20.4 Å². The van der Waals surface area contributed by atoms with Crippen molar-refractivity contribution in [1.29, 1.82) is 0 Å². The van der Waals surface area contributed by atoms with Crippen molar-refractivity contribution >= 4 is 117 Å². The molecule has 0 saturated heterocycles. The van der Waals surface area contributed by atoms with Crippen LogP contribution in [0.5, 0.6) is 0 Å². The van der Waals surface area contributed by atoms with E-state index >= 15 is 0 Å². The van der Waals surface area contributed by atoms with E-state index in [4.69, 9.17) is 0 Å². The van der Waals surface area contributed by atoms with Crippen LogP contribution in [0.2, 0.25) is 0 Å². The number of fused-ring (bicyclic) bond motifs is 13. The van der Waals surface area contributed by atoms with Gasteiger partial charge in [-0.25, -0.2) is 0 Å². The molecule has 0 atom stereocenters. The minimum atomic E-state index is -0.0939. The summed E-state index contributed by atoms with van der Waals surface area (Å²) in [5, 5.41) is 7.33. The van der Waals surface area contributed by atoms with Gasteiger partial charge in [-0.1, -0.05) is 254 Å². The molecule has 14 aromatic carbocycles. The van der Waals surface area contributed by atoms with Gasteiger partial charge in [0, 0.05) is 81.7 Å². The topological polar surface area (TPSA) is 18.0 Å². The molecule has 17 aromatic rings.